The second kappa shape index (κ2) is 4.58. The van der Waals surface area contributed by atoms with E-state index >= 15 is 0 Å². The van der Waals surface area contributed by atoms with E-state index in [0.717, 1.165) is 10.9 Å². The zero-order valence-electron chi connectivity index (χ0n) is 9.25. The van der Waals surface area contributed by atoms with Crippen LogP contribution in [-0.4, -0.2) is 15.2 Å². The highest BCUT2D eigenvalue weighted by Gasteiger charge is 2.01. The summed E-state index contributed by atoms with van der Waals surface area (Å²) in [6, 6.07) is 13.0. The first-order valence-corrected chi connectivity index (χ1v) is 5.71. The second-order valence-corrected chi connectivity index (χ2v) is 4.05. The lowest BCUT2D eigenvalue weighted by Crippen LogP contribution is -1.91. The number of benzene rings is 1. The van der Waals surface area contributed by atoms with Crippen molar-refractivity contribution in [2.24, 2.45) is 0 Å². The maximum atomic E-state index is 5.65. The highest BCUT2D eigenvalue weighted by atomic mass is 35.5. The molecule has 0 bridgehead atoms. The Bertz CT molecular complexity index is 685. The van der Waals surface area contributed by atoms with Gasteiger partial charge in [-0.1, -0.05) is 29.8 Å². The summed E-state index contributed by atoms with van der Waals surface area (Å²) in [6.07, 6.45) is 1.65. The van der Waals surface area contributed by atoms with E-state index in [1.807, 2.05) is 30.3 Å². The van der Waals surface area contributed by atoms with Crippen molar-refractivity contribution in [3.8, 4) is 11.6 Å². The van der Waals surface area contributed by atoms with E-state index in [9.17, 15) is 0 Å². The summed E-state index contributed by atoms with van der Waals surface area (Å²) in [5.41, 5.74) is 0.923. The second-order valence-electron chi connectivity index (χ2n) is 3.66. The number of aromatic nitrogens is 3. The van der Waals surface area contributed by atoms with Gasteiger partial charge in [-0.2, -0.15) is 0 Å². The zero-order chi connectivity index (χ0) is 12.4. The number of pyridine rings is 1. The van der Waals surface area contributed by atoms with Crippen molar-refractivity contribution in [1.82, 2.24) is 15.2 Å². The molecule has 0 aliphatic carbocycles. The van der Waals surface area contributed by atoms with E-state index in [-0.39, 0.29) is 0 Å². The topological polar surface area (TPSA) is 47.9 Å². The average Bonchev–Trinajstić information content (AvgIpc) is 2.41. The molecule has 2 aromatic heterocycles. The molecule has 0 aliphatic rings. The third-order valence-electron chi connectivity index (χ3n) is 2.40. The lowest BCUT2D eigenvalue weighted by Gasteiger charge is -2.04. The molecule has 0 spiro atoms. The number of nitrogens with zero attached hydrogens (tertiary/aromatic N) is 3. The normalized spacial score (nSPS) is 10.5. The molecule has 0 saturated carbocycles. The molecular weight excluding hydrogens is 250 g/mol. The molecule has 0 unspecified atom stereocenters. The summed E-state index contributed by atoms with van der Waals surface area (Å²) in [5, 5.41) is 8.87. The van der Waals surface area contributed by atoms with Crippen molar-refractivity contribution >= 4 is 22.5 Å². The molecule has 0 atom stereocenters. The van der Waals surface area contributed by atoms with Crippen LogP contribution in [0, 0.1) is 0 Å². The van der Waals surface area contributed by atoms with Gasteiger partial charge in [-0.3, -0.25) is 4.98 Å². The van der Waals surface area contributed by atoms with E-state index in [1.165, 1.54) is 0 Å². The van der Waals surface area contributed by atoms with Crippen LogP contribution < -0.4 is 4.74 Å². The molecule has 5 heteroatoms. The monoisotopic (exact) mass is 257 g/mol. The van der Waals surface area contributed by atoms with Crippen LogP contribution in [0.15, 0.2) is 48.7 Å². The third-order valence-corrected chi connectivity index (χ3v) is 2.60. The third kappa shape index (κ3) is 2.24. The predicted octanol–water partition coefficient (Wildman–Crippen LogP) is 3.47. The molecule has 3 aromatic rings. The molecule has 2 heterocycles. The van der Waals surface area contributed by atoms with Crippen molar-refractivity contribution in [1.29, 1.82) is 0 Å². The van der Waals surface area contributed by atoms with Crippen molar-refractivity contribution in [2.45, 2.75) is 0 Å². The first kappa shape index (κ1) is 10.9. The Morgan fingerprint density at radius 2 is 1.89 bits per heavy atom. The molecule has 0 saturated heterocycles. The highest BCUT2D eigenvalue weighted by molar-refractivity contribution is 6.29. The van der Waals surface area contributed by atoms with Crippen LogP contribution in [-0.2, 0) is 0 Å². The van der Waals surface area contributed by atoms with Crippen molar-refractivity contribution < 1.29 is 4.74 Å². The molecule has 0 radical (unpaired) electrons. The van der Waals surface area contributed by atoms with Crippen LogP contribution in [0.2, 0.25) is 5.15 Å². The number of hydrogen-bond acceptors (Lipinski definition) is 4. The quantitative estimate of drug-likeness (QED) is 0.705. The number of halogens is 1. The fourth-order valence-corrected chi connectivity index (χ4v) is 1.69. The Labute approximate surface area is 108 Å². The van der Waals surface area contributed by atoms with E-state index in [0.29, 0.717) is 16.8 Å². The smallest absolute Gasteiger partial charge is 0.239 e. The minimum atomic E-state index is 0.332. The molecule has 0 aliphatic heterocycles. The maximum absolute atomic E-state index is 5.65. The molecule has 4 nitrogen and oxygen atoms in total. The van der Waals surface area contributed by atoms with Gasteiger partial charge in [0.25, 0.3) is 0 Å². The van der Waals surface area contributed by atoms with E-state index in [4.69, 9.17) is 16.3 Å². The standard InChI is InChI=1S/C13H8ClN3O/c14-12-5-6-13(17-16-12)18-10-7-9-3-1-2-4-11(9)15-8-10/h1-8H. The Hall–Kier alpha value is -2.20. The molecule has 0 amide bonds. The van der Waals surface area contributed by atoms with Crippen molar-refractivity contribution in [3.63, 3.8) is 0 Å². The number of rotatable bonds is 2. The summed E-state index contributed by atoms with van der Waals surface area (Å²) < 4.78 is 5.55. The predicted molar refractivity (Wildman–Crippen MR) is 68.9 cm³/mol. The van der Waals surface area contributed by atoms with Crippen LogP contribution in [0.3, 0.4) is 0 Å². The molecule has 1 aromatic carbocycles. The van der Waals surface area contributed by atoms with Crippen molar-refractivity contribution in [2.75, 3.05) is 0 Å². The lowest BCUT2D eigenvalue weighted by atomic mass is 10.2. The van der Waals surface area contributed by atoms with Gasteiger partial charge >= 0.3 is 0 Å². The summed E-state index contributed by atoms with van der Waals surface area (Å²) in [4.78, 5) is 4.30. The largest absolute Gasteiger partial charge is 0.436 e. The Balaban J connectivity index is 1.92. The highest BCUT2D eigenvalue weighted by Crippen LogP contribution is 2.22. The molecule has 88 valence electrons. The summed E-state index contributed by atoms with van der Waals surface area (Å²) in [5.74, 6) is 1.00. The number of fused-ring (bicyclic) bond motifs is 1. The van der Waals surface area contributed by atoms with Crippen LogP contribution in [0.1, 0.15) is 0 Å². The van der Waals surface area contributed by atoms with Crippen LogP contribution >= 0.6 is 11.6 Å². The Kier molecular flexibility index (Phi) is 2.78. The summed E-state index contributed by atoms with van der Waals surface area (Å²) in [7, 11) is 0. The van der Waals surface area contributed by atoms with Crippen LogP contribution in [0.25, 0.3) is 10.9 Å². The fourth-order valence-electron chi connectivity index (χ4n) is 1.59. The first-order chi connectivity index (χ1) is 8.81. The van der Waals surface area contributed by atoms with Gasteiger partial charge in [-0.15, -0.1) is 10.2 Å². The van der Waals surface area contributed by atoms with Crippen molar-refractivity contribution in [3.05, 3.63) is 53.8 Å². The minimum absolute atomic E-state index is 0.332. The number of ether oxygens (including phenoxy) is 1. The van der Waals surface area contributed by atoms with Gasteiger partial charge in [0.05, 0.1) is 11.7 Å². The average molecular weight is 258 g/mol. The molecule has 0 N–H and O–H groups in total. The number of para-hydroxylation sites is 1. The Morgan fingerprint density at radius 1 is 1.00 bits per heavy atom. The molecule has 3 rings (SSSR count). The summed E-state index contributed by atoms with van der Waals surface area (Å²) >= 11 is 5.65. The molecule has 18 heavy (non-hydrogen) atoms. The van der Waals surface area contributed by atoms with Gasteiger partial charge in [0.15, 0.2) is 5.15 Å². The zero-order valence-corrected chi connectivity index (χ0v) is 10.0. The van der Waals surface area contributed by atoms with E-state index < -0.39 is 0 Å². The number of hydrogen-bond donors (Lipinski definition) is 0. The molecular formula is C13H8ClN3O. The first-order valence-electron chi connectivity index (χ1n) is 5.33. The lowest BCUT2D eigenvalue weighted by molar-refractivity contribution is 0.454. The van der Waals surface area contributed by atoms with Gasteiger partial charge in [-0.25, -0.2) is 0 Å². The van der Waals surface area contributed by atoms with Gasteiger partial charge in [0.1, 0.15) is 5.75 Å². The fraction of sp³-hybridized carbons (Fsp3) is 0. The van der Waals surface area contributed by atoms with Gasteiger partial charge in [-0.05, 0) is 18.2 Å². The van der Waals surface area contributed by atoms with Gasteiger partial charge < -0.3 is 4.74 Å². The van der Waals surface area contributed by atoms with Crippen LogP contribution in [0.4, 0.5) is 0 Å². The van der Waals surface area contributed by atoms with Gasteiger partial charge in [0, 0.05) is 11.5 Å². The molecule has 0 fully saturated rings. The van der Waals surface area contributed by atoms with Crippen LogP contribution in [0.5, 0.6) is 11.6 Å². The van der Waals surface area contributed by atoms with E-state index in [1.54, 1.807) is 18.3 Å². The maximum Gasteiger partial charge on any atom is 0.239 e. The van der Waals surface area contributed by atoms with E-state index in [2.05, 4.69) is 15.2 Å². The Morgan fingerprint density at radius 3 is 2.72 bits per heavy atom. The minimum Gasteiger partial charge on any atom is -0.436 e. The SMILES string of the molecule is Clc1ccc(Oc2cnc3ccccc3c2)nn1. The summed E-state index contributed by atoms with van der Waals surface area (Å²) in [6.45, 7) is 0. The van der Waals surface area contributed by atoms with Gasteiger partial charge in [0.2, 0.25) is 5.88 Å².